The first-order valence-corrected chi connectivity index (χ1v) is 8.58. The lowest BCUT2D eigenvalue weighted by Gasteiger charge is -2.03. The number of aromatic nitrogens is 3. The van der Waals surface area contributed by atoms with E-state index in [1.54, 1.807) is 12.4 Å². The second kappa shape index (κ2) is 3.65. The van der Waals surface area contributed by atoms with E-state index in [4.69, 9.17) is 5.73 Å². The van der Waals surface area contributed by atoms with E-state index in [1.807, 2.05) is 10.6 Å². The molecule has 0 amide bonds. The van der Waals surface area contributed by atoms with E-state index in [1.165, 1.54) is 0 Å². The molecule has 2 aromatic rings. The van der Waals surface area contributed by atoms with E-state index in [9.17, 15) is 0 Å². The highest BCUT2D eigenvalue weighted by Gasteiger charge is 2.10. The summed E-state index contributed by atoms with van der Waals surface area (Å²) in [6.07, 6.45) is 5.21. The number of hydrogen-bond donors (Lipinski definition) is 1. The quantitative estimate of drug-likeness (QED) is 0.552. The highest BCUT2D eigenvalue weighted by molar-refractivity contribution is 6.83. The lowest BCUT2D eigenvalue weighted by Crippen LogP contribution is -2.16. The molecule has 0 radical (unpaired) electrons. The van der Waals surface area contributed by atoms with Crippen molar-refractivity contribution < 1.29 is 0 Å². The van der Waals surface area contributed by atoms with Crippen LogP contribution in [0.15, 0.2) is 18.6 Å². The summed E-state index contributed by atoms with van der Waals surface area (Å²) in [5, 5.41) is 0. The van der Waals surface area contributed by atoms with E-state index >= 15 is 0 Å². The van der Waals surface area contributed by atoms with E-state index in [0.717, 1.165) is 11.3 Å². The van der Waals surface area contributed by atoms with Gasteiger partial charge in [0.15, 0.2) is 11.5 Å². The zero-order valence-electron chi connectivity index (χ0n) is 9.65. The van der Waals surface area contributed by atoms with Gasteiger partial charge in [-0.05, 0) is 0 Å². The first kappa shape index (κ1) is 10.7. The molecule has 0 spiro atoms. The molecule has 0 atom stereocenters. The third-order valence-corrected chi connectivity index (χ3v) is 2.89. The zero-order valence-corrected chi connectivity index (χ0v) is 10.7. The Morgan fingerprint density at radius 1 is 1.38 bits per heavy atom. The van der Waals surface area contributed by atoms with Gasteiger partial charge < -0.3 is 5.73 Å². The van der Waals surface area contributed by atoms with Crippen molar-refractivity contribution in [3.8, 4) is 11.5 Å². The molecule has 0 unspecified atom stereocenters. The molecule has 0 fully saturated rings. The molecule has 0 aromatic carbocycles. The van der Waals surface area contributed by atoms with E-state index < -0.39 is 8.07 Å². The van der Waals surface area contributed by atoms with E-state index in [-0.39, 0.29) is 0 Å². The SMILES string of the molecule is C[Si](C)(C)C#Cc1c(N)nc2cnccn12. The largest absolute Gasteiger partial charge is 0.381 e. The third kappa shape index (κ3) is 2.07. The van der Waals surface area contributed by atoms with E-state index in [0.29, 0.717) is 5.82 Å². The zero-order chi connectivity index (χ0) is 11.8. The van der Waals surface area contributed by atoms with Crippen LogP contribution in [0.4, 0.5) is 5.82 Å². The van der Waals surface area contributed by atoms with Crippen molar-refractivity contribution >= 4 is 19.5 Å². The standard InChI is InChI=1S/C11H14N4Si/c1-16(2,3)7-4-9-11(12)14-10-8-13-5-6-15(9)10/h5-6,8H,12H2,1-3H3. The molecule has 4 nitrogen and oxygen atoms in total. The van der Waals surface area contributed by atoms with Gasteiger partial charge in [0.25, 0.3) is 0 Å². The van der Waals surface area contributed by atoms with Gasteiger partial charge in [0.1, 0.15) is 13.8 Å². The Morgan fingerprint density at radius 3 is 2.81 bits per heavy atom. The van der Waals surface area contributed by atoms with Crippen molar-refractivity contribution in [2.75, 3.05) is 5.73 Å². The van der Waals surface area contributed by atoms with E-state index in [2.05, 4.69) is 41.1 Å². The summed E-state index contributed by atoms with van der Waals surface area (Å²) in [6, 6.07) is 0. The maximum Gasteiger partial charge on any atom is 0.159 e. The normalized spacial score (nSPS) is 11.2. The fourth-order valence-corrected chi connectivity index (χ4v) is 1.79. The van der Waals surface area contributed by atoms with Crippen molar-refractivity contribution in [3.63, 3.8) is 0 Å². The number of nitrogens with two attached hydrogens (primary N) is 1. The molecule has 0 saturated carbocycles. The Bertz CT molecular complexity index is 583. The van der Waals surface area contributed by atoms with Crippen LogP contribution in [0.3, 0.4) is 0 Å². The van der Waals surface area contributed by atoms with Gasteiger partial charge >= 0.3 is 0 Å². The van der Waals surface area contributed by atoms with Crippen LogP contribution >= 0.6 is 0 Å². The smallest absolute Gasteiger partial charge is 0.159 e. The van der Waals surface area contributed by atoms with Crippen LogP contribution in [0.2, 0.25) is 19.6 Å². The van der Waals surface area contributed by atoms with Crippen LogP contribution in [0.1, 0.15) is 5.69 Å². The molecule has 82 valence electrons. The Labute approximate surface area is 95.5 Å². The minimum atomic E-state index is -1.40. The predicted octanol–water partition coefficient (Wildman–Crippen LogP) is 1.54. The summed E-state index contributed by atoms with van der Waals surface area (Å²) >= 11 is 0. The molecule has 0 aliphatic carbocycles. The van der Waals surface area contributed by atoms with Gasteiger partial charge in [-0.1, -0.05) is 25.6 Å². The van der Waals surface area contributed by atoms with Gasteiger partial charge in [-0.25, -0.2) is 4.98 Å². The average molecular weight is 230 g/mol. The molecule has 0 bridgehead atoms. The topological polar surface area (TPSA) is 56.2 Å². The van der Waals surface area contributed by atoms with Crippen molar-refractivity contribution in [2.45, 2.75) is 19.6 Å². The summed E-state index contributed by atoms with van der Waals surface area (Å²) in [7, 11) is -1.40. The highest BCUT2D eigenvalue weighted by atomic mass is 28.3. The molecule has 0 aliphatic heterocycles. The molecular weight excluding hydrogens is 216 g/mol. The van der Waals surface area contributed by atoms with Crippen LogP contribution in [0.25, 0.3) is 5.65 Å². The molecule has 2 heterocycles. The summed E-state index contributed by atoms with van der Waals surface area (Å²) < 4.78 is 1.87. The molecule has 5 heteroatoms. The number of rotatable bonds is 0. The fraction of sp³-hybridized carbons (Fsp3) is 0.273. The molecule has 2 aromatic heterocycles. The van der Waals surface area contributed by atoms with Crippen LogP contribution in [-0.2, 0) is 0 Å². The van der Waals surface area contributed by atoms with Crippen LogP contribution in [-0.4, -0.2) is 22.4 Å². The van der Waals surface area contributed by atoms with Crippen molar-refractivity contribution in [1.82, 2.24) is 14.4 Å². The Balaban J connectivity index is 2.59. The molecule has 2 N–H and O–H groups in total. The highest BCUT2D eigenvalue weighted by Crippen LogP contribution is 2.12. The summed E-state index contributed by atoms with van der Waals surface area (Å²) in [6.45, 7) is 6.59. The Kier molecular flexibility index (Phi) is 2.44. The number of nitrogens with zero attached hydrogens (tertiary/aromatic N) is 3. The monoisotopic (exact) mass is 230 g/mol. The van der Waals surface area contributed by atoms with Gasteiger partial charge in [0.05, 0.1) is 6.20 Å². The fourth-order valence-electron chi connectivity index (χ4n) is 1.30. The second-order valence-electron chi connectivity index (χ2n) is 4.65. The first-order chi connectivity index (χ1) is 7.47. The number of anilines is 1. The lowest BCUT2D eigenvalue weighted by atomic mass is 10.4. The molecule has 16 heavy (non-hydrogen) atoms. The summed E-state index contributed by atoms with van der Waals surface area (Å²) in [5.74, 6) is 3.61. The van der Waals surface area contributed by atoms with Gasteiger partial charge in [0.2, 0.25) is 0 Å². The maximum absolute atomic E-state index is 5.84. The number of hydrogen-bond acceptors (Lipinski definition) is 3. The first-order valence-electron chi connectivity index (χ1n) is 5.08. The van der Waals surface area contributed by atoms with Gasteiger partial charge in [0, 0.05) is 12.4 Å². The molecular formula is C11H14N4Si. The Hall–Kier alpha value is -1.80. The third-order valence-electron chi connectivity index (χ3n) is 2.01. The molecule has 2 rings (SSSR count). The number of nitrogen functional groups attached to an aromatic ring is 1. The summed E-state index contributed by atoms with van der Waals surface area (Å²) in [5.41, 5.74) is 10.6. The van der Waals surface area contributed by atoms with Gasteiger partial charge in [-0.2, -0.15) is 0 Å². The van der Waals surface area contributed by atoms with Gasteiger partial charge in [-0.3, -0.25) is 9.38 Å². The molecule has 0 saturated heterocycles. The number of imidazole rings is 1. The average Bonchev–Trinajstić information content (AvgIpc) is 2.49. The number of fused-ring (bicyclic) bond motifs is 1. The maximum atomic E-state index is 5.84. The lowest BCUT2D eigenvalue weighted by molar-refractivity contribution is 1.11. The van der Waals surface area contributed by atoms with Crippen molar-refractivity contribution in [3.05, 3.63) is 24.3 Å². The van der Waals surface area contributed by atoms with Gasteiger partial charge in [-0.15, -0.1) is 5.54 Å². The predicted molar refractivity (Wildman–Crippen MR) is 67.6 cm³/mol. The molecule has 0 aliphatic rings. The van der Waals surface area contributed by atoms with Crippen molar-refractivity contribution in [1.29, 1.82) is 0 Å². The van der Waals surface area contributed by atoms with Crippen molar-refractivity contribution in [2.24, 2.45) is 0 Å². The van der Waals surface area contributed by atoms with Crippen LogP contribution in [0, 0.1) is 11.5 Å². The Morgan fingerprint density at radius 2 is 2.12 bits per heavy atom. The minimum Gasteiger partial charge on any atom is -0.381 e. The van der Waals surface area contributed by atoms with Crippen LogP contribution < -0.4 is 5.73 Å². The summed E-state index contributed by atoms with van der Waals surface area (Å²) in [4.78, 5) is 8.20. The van der Waals surface area contributed by atoms with Crippen LogP contribution in [0.5, 0.6) is 0 Å². The second-order valence-corrected chi connectivity index (χ2v) is 9.40. The minimum absolute atomic E-state index is 0.471.